The second-order valence-corrected chi connectivity index (χ2v) is 5.88. The van der Waals surface area contributed by atoms with Crippen molar-refractivity contribution in [2.45, 2.75) is 50.5 Å². The van der Waals surface area contributed by atoms with Crippen LogP contribution in [0.4, 0.5) is 0 Å². The first-order chi connectivity index (χ1) is 8.30. The highest BCUT2D eigenvalue weighted by molar-refractivity contribution is 5.02. The fraction of sp³-hybridized carbons (Fsp3) is 1.00. The molecule has 0 amide bonds. The number of likely N-dealkylation sites (tertiary alicyclic amines) is 1. The summed E-state index contributed by atoms with van der Waals surface area (Å²) >= 11 is 0. The first-order valence-electron chi connectivity index (χ1n) is 7.33. The fourth-order valence-corrected chi connectivity index (χ4v) is 3.18. The van der Waals surface area contributed by atoms with Crippen LogP contribution in [-0.2, 0) is 0 Å². The van der Waals surface area contributed by atoms with E-state index in [9.17, 15) is 5.11 Å². The molecule has 100 valence electrons. The molecule has 2 fully saturated rings. The second-order valence-electron chi connectivity index (χ2n) is 5.88. The fourth-order valence-electron chi connectivity index (χ4n) is 3.18. The van der Waals surface area contributed by atoms with Gasteiger partial charge in [-0.3, -0.25) is 0 Å². The van der Waals surface area contributed by atoms with Crippen molar-refractivity contribution in [3.05, 3.63) is 0 Å². The quantitative estimate of drug-likeness (QED) is 0.766. The first kappa shape index (κ1) is 13.3. The van der Waals surface area contributed by atoms with Crippen molar-refractivity contribution >= 4 is 0 Å². The Morgan fingerprint density at radius 3 is 2.18 bits per heavy atom. The van der Waals surface area contributed by atoms with Gasteiger partial charge in [0.25, 0.3) is 0 Å². The van der Waals surface area contributed by atoms with Gasteiger partial charge in [-0.2, -0.15) is 0 Å². The molecule has 1 heterocycles. The summed E-state index contributed by atoms with van der Waals surface area (Å²) in [5.41, 5.74) is -0.0286. The Morgan fingerprint density at radius 1 is 1.12 bits per heavy atom. The SMILES string of the molecule is CNC(CO)(CN1CCCCCCC1)C1CC1. The van der Waals surface area contributed by atoms with Crippen molar-refractivity contribution < 1.29 is 5.11 Å². The lowest BCUT2D eigenvalue weighted by atomic mass is 9.93. The smallest absolute Gasteiger partial charge is 0.0628 e. The summed E-state index contributed by atoms with van der Waals surface area (Å²) in [5.74, 6) is 0.697. The first-order valence-corrected chi connectivity index (χ1v) is 7.33. The van der Waals surface area contributed by atoms with Crippen molar-refractivity contribution in [1.82, 2.24) is 10.2 Å². The van der Waals surface area contributed by atoms with Crippen LogP contribution in [-0.4, -0.2) is 48.8 Å². The summed E-state index contributed by atoms with van der Waals surface area (Å²) in [5, 5.41) is 13.2. The van der Waals surface area contributed by atoms with Crippen LogP contribution in [0.5, 0.6) is 0 Å². The minimum atomic E-state index is -0.0286. The van der Waals surface area contributed by atoms with E-state index >= 15 is 0 Å². The molecule has 17 heavy (non-hydrogen) atoms. The number of nitrogens with one attached hydrogen (secondary N) is 1. The molecule has 3 heteroatoms. The van der Waals surface area contributed by atoms with Gasteiger partial charge >= 0.3 is 0 Å². The van der Waals surface area contributed by atoms with Gasteiger partial charge in [-0.1, -0.05) is 19.3 Å². The van der Waals surface area contributed by atoms with Crippen LogP contribution in [0.15, 0.2) is 0 Å². The number of aliphatic hydroxyl groups excluding tert-OH is 1. The molecule has 2 rings (SSSR count). The number of hydrogen-bond donors (Lipinski definition) is 2. The molecule has 2 aliphatic rings. The van der Waals surface area contributed by atoms with Gasteiger partial charge in [0.2, 0.25) is 0 Å². The number of rotatable bonds is 5. The third-order valence-electron chi connectivity index (χ3n) is 4.59. The number of aliphatic hydroxyl groups is 1. The molecule has 2 N–H and O–H groups in total. The molecule has 0 radical (unpaired) electrons. The molecular formula is C14H28N2O. The normalized spacial score (nSPS) is 27.2. The molecule has 0 aromatic carbocycles. The van der Waals surface area contributed by atoms with Gasteiger partial charge in [-0.15, -0.1) is 0 Å². The van der Waals surface area contributed by atoms with Crippen molar-refractivity contribution in [3.8, 4) is 0 Å². The van der Waals surface area contributed by atoms with E-state index in [0.29, 0.717) is 5.92 Å². The molecule has 0 aromatic rings. The number of likely N-dealkylation sites (N-methyl/N-ethyl adjacent to an activating group) is 1. The van der Waals surface area contributed by atoms with Gasteiger partial charge in [0.1, 0.15) is 0 Å². The van der Waals surface area contributed by atoms with E-state index < -0.39 is 0 Å². The predicted octanol–water partition coefficient (Wildman–Crippen LogP) is 1.61. The highest BCUT2D eigenvalue weighted by Crippen LogP contribution is 2.40. The van der Waals surface area contributed by atoms with Gasteiger partial charge in [0, 0.05) is 6.54 Å². The third kappa shape index (κ3) is 3.43. The molecule has 1 atom stereocenters. The molecule has 0 bridgehead atoms. The molecule has 1 aliphatic heterocycles. The van der Waals surface area contributed by atoms with E-state index in [2.05, 4.69) is 10.2 Å². The second kappa shape index (κ2) is 6.17. The third-order valence-corrected chi connectivity index (χ3v) is 4.59. The van der Waals surface area contributed by atoms with Crippen LogP contribution < -0.4 is 5.32 Å². The van der Waals surface area contributed by atoms with Crippen molar-refractivity contribution in [2.75, 3.05) is 33.3 Å². The Balaban J connectivity index is 1.90. The highest BCUT2D eigenvalue weighted by atomic mass is 16.3. The largest absolute Gasteiger partial charge is 0.394 e. The predicted molar refractivity (Wildman–Crippen MR) is 71.1 cm³/mol. The highest BCUT2D eigenvalue weighted by Gasteiger charge is 2.44. The summed E-state index contributed by atoms with van der Waals surface area (Å²) in [6, 6.07) is 0. The van der Waals surface area contributed by atoms with Crippen LogP contribution in [0, 0.1) is 5.92 Å². The Hall–Kier alpha value is -0.120. The van der Waals surface area contributed by atoms with Crippen LogP contribution in [0.3, 0.4) is 0 Å². The zero-order chi connectivity index (χ0) is 12.1. The van der Waals surface area contributed by atoms with E-state index in [0.717, 1.165) is 6.54 Å². The molecular weight excluding hydrogens is 212 g/mol. The van der Waals surface area contributed by atoms with Crippen molar-refractivity contribution in [1.29, 1.82) is 0 Å². The number of hydrogen-bond acceptors (Lipinski definition) is 3. The average molecular weight is 240 g/mol. The molecule has 1 aliphatic carbocycles. The topological polar surface area (TPSA) is 35.5 Å². The van der Waals surface area contributed by atoms with Crippen molar-refractivity contribution in [2.24, 2.45) is 5.92 Å². The van der Waals surface area contributed by atoms with Crippen LogP contribution in [0.2, 0.25) is 0 Å². The Bertz CT molecular complexity index is 216. The van der Waals surface area contributed by atoms with E-state index in [1.54, 1.807) is 0 Å². The van der Waals surface area contributed by atoms with Crippen LogP contribution >= 0.6 is 0 Å². The zero-order valence-corrected chi connectivity index (χ0v) is 11.2. The van der Waals surface area contributed by atoms with E-state index in [-0.39, 0.29) is 12.1 Å². The molecule has 1 saturated heterocycles. The summed E-state index contributed by atoms with van der Waals surface area (Å²) in [6.45, 7) is 3.75. The maximum Gasteiger partial charge on any atom is 0.0628 e. The Kier molecular flexibility index (Phi) is 4.83. The Morgan fingerprint density at radius 2 is 1.71 bits per heavy atom. The standard InChI is InChI=1S/C14H28N2O/c1-15-14(12-17,13-7-8-13)11-16-9-5-3-2-4-6-10-16/h13,15,17H,2-12H2,1H3. The molecule has 1 unspecified atom stereocenters. The minimum Gasteiger partial charge on any atom is -0.394 e. The monoisotopic (exact) mass is 240 g/mol. The lowest BCUT2D eigenvalue weighted by Crippen LogP contribution is -2.57. The van der Waals surface area contributed by atoms with Gasteiger partial charge in [0.05, 0.1) is 12.1 Å². The van der Waals surface area contributed by atoms with Crippen LogP contribution in [0.1, 0.15) is 44.9 Å². The molecule has 3 nitrogen and oxygen atoms in total. The maximum atomic E-state index is 9.75. The van der Waals surface area contributed by atoms with Gasteiger partial charge in [0.15, 0.2) is 0 Å². The summed E-state index contributed by atoms with van der Waals surface area (Å²) in [7, 11) is 2.01. The van der Waals surface area contributed by atoms with E-state index in [1.165, 1.54) is 58.0 Å². The lowest BCUT2D eigenvalue weighted by Gasteiger charge is -2.38. The Labute approximate surface area is 106 Å². The van der Waals surface area contributed by atoms with E-state index in [1.807, 2.05) is 7.05 Å². The number of nitrogens with zero attached hydrogens (tertiary/aromatic N) is 1. The summed E-state index contributed by atoms with van der Waals surface area (Å²) < 4.78 is 0. The summed E-state index contributed by atoms with van der Waals surface area (Å²) in [4.78, 5) is 2.57. The maximum absolute atomic E-state index is 9.75. The van der Waals surface area contributed by atoms with Crippen molar-refractivity contribution in [3.63, 3.8) is 0 Å². The average Bonchev–Trinajstić information content (AvgIpc) is 3.13. The molecule has 0 spiro atoms. The van der Waals surface area contributed by atoms with Gasteiger partial charge in [-0.05, 0) is 51.7 Å². The minimum absolute atomic E-state index is 0.0286. The van der Waals surface area contributed by atoms with E-state index in [4.69, 9.17) is 0 Å². The van der Waals surface area contributed by atoms with Crippen LogP contribution in [0.25, 0.3) is 0 Å². The molecule has 1 saturated carbocycles. The lowest BCUT2D eigenvalue weighted by molar-refractivity contribution is 0.0925. The van der Waals surface area contributed by atoms with Gasteiger partial charge in [-0.25, -0.2) is 0 Å². The zero-order valence-electron chi connectivity index (χ0n) is 11.2. The summed E-state index contributed by atoms with van der Waals surface area (Å²) in [6.07, 6.45) is 9.40. The van der Waals surface area contributed by atoms with Gasteiger partial charge < -0.3 is 15.3 Å². The molecule has 0 aromatic heterocycles.